The average molecular weight is 463 g/mol. The maximum atomic E-state index is 12.9. The molecule has 0 atom stereocenters. The van der Waals surface area contributed by atoms with Gasteiger partial charge in [0.1, 0.15) is 0 Å². The third kappa shape index (κ3) is 4.92. The summed E-state index contributed by atoms with van der Waals surface area (Å²) in [5.41, 5.74) is 9.64. The van der Waals surface area contributed by atoms with Gasteiger partial charge in [0.2, 0.25) is 16.0 Å². The number of rotatable bonds is 6. The van der Waals surface area contributed by atoms with Gasteiger partial charge in [-0.25, -0.2) is 13.6 Å². The van der Waals surface area contributed by atoms with Crippen LogP contribution in [-0.2, 0) is 16.4 Å². The van der Waals surface area contributed by atoms with Crippen molar-refractivity contribution in [2.45, 2.75) is 18.2 Å². The summed E-state index contributed by atoms with van der Waals surface area (Å²) >= 11 is 0. The van der Waals surface area contributed by atoms with Gasteiger partial charge in [0, 0.05) is 23.4 Å². The van der Waals surface area contributed by atoms with Crippen LogP contribution in [0.1, 0.15) is 27.3 Å². The highest BCUT2D eigenvalue weighted by Gasteiger charge is 2.18. The molecule has 168 valence electrons. The summed E-state index contributed by atoms with van der Waals surface area (Å²) < 4.78 is 24.0. The Kier molecular flexibility index (Phi) is 5.95. The van der Waals surface area contributed by atoms with Crippen molar-refractivity contribution >= 4 is 33.3 Å². The highest BCUT2D eigenvalue weighted by atomic mass is 32.2. The second kappa shape index (κ2) is 8.85. The molecule has 0 aliphatic heterocycles. The van der Waals surface area contributed by atoms with Crippen molar-refractivity contribution in [3.05, 3.63) is 95.3 Å². The standard InChI is InChI=1S/C23H22N6O3S/c1-15-6-2-4-8-19(15)22(30)29-23(24)27-21(28-29)14-16-7-3-5-9-20(16)26-17-10-12-18(13-11-17)33(25,31)32/h2-13,26H,14H2,1H3,(H2,24,27,28)(H2,25,31,32). The molecule has 33 heavy (non-hydrogen) atoms. The van der Waals surface area contributed by atoms with Gasteiger partial charge in [0.25, 0.3) is 5.91 Å². The maximum Gasteiger partial charge on any atom is 0.281 e. The lowest BCUT2D eigenvalue weighted by molar-refractivity contribution is 0.0946. The summed E-state index contributed by atoms with van der Waals surface area (Å²) in [6.07, 6.45) is 0.330. The van der Waals surface area contributed by atoms with E-state index in [-0.39, 0.29) is 16.8 Å². The molecular weight excluding hydrogens is 440 g/mol. The number of hydrogen-bond acceptors (Lipinski definition) is 7. The summed E-state index contributed by atoms with van der Waals surface area (Å²) in [7, 11) is -3.76. The van der Waals surface area contributed by atoms with Crippen LogP contribution >= 0.6 is 0 Å². The lowest BCUT2D eigenvalue weighted by atomic mass is 10.1. The van der Waals surface area contributed by atoms with E-state index in [2.05, 4.69) is 15.4 Å². The fourth-order valence-electron chi connectivity index (χ4n) is 3.37. The van der Waals surface area contributed by atoms with Crippen LogP contribution in [0.3, 0.4) is 0 Å². The minimum absolute atomic E-state index is 0.0160. The van der Waals surface area contributed by atoms with E-state index in [1.807, 2.05) is 43.3 Å². The Hall–Kier alpha value is -4.02. The molecule has 0 bridgehead atoms. The number of sulfonamides is 1. The second-order valence-corrected chi connectivity index (χ2v) is 9.01. The van der Waals surface area contributed by atoms with Crippen LogP contribution in [0.2, 0.25) is 0 Å². The lowest BCUT2D eigenvalue weighted by Gasteiger charge is -2.11. The van der Waals surface area contributed by atoms with Crippen LogP contribution in [0.5, 0.6) is 0 Å². The Morgan fingerprint density at radius 2 is 1.67 bits per heavy atom. The van der Waals surface area contributed by atoms with Gasteiger partial charge in [-0.1, -0.05) is 36.4 Å². The Labute approximate surface area is 191 Å². The minimum atomic E-state index is -3.76. The average Bonchev–Trinajstić information content (AvgIpc) is 3.15. The zero-order valence-electron chi connectivity index (χ0n) is 17.8. The molecular formula is C23H22N6O3S. The van der Waals surface area contributed by atoms with Gasteiger partial charge in [-0.05, 0) is 54.4 Å². The van der Waals surface area contributed by atoms with E-state index in [9.17, 15) is 13.2 Å². The van der Waals surface area contributed by atoms with E-state index in [1.54, 1.807) is 24.3 Å². The number of para-hydroxylation sites is 1. The molecule has 1 heterocycles. The fraction of sp³-hybridized carbons (Fsp3) is 0.0870. The molecule has 0 unspecified atom stereocenters. The number of carbonyl (C=O) groups is 1. The molecule has 5 N–H and O–H groups in total. The van der Waals surface area contributed by atoms with E-state index in [1.165, 1.54) is 12.1 Å². The Morgan fingerprint density at radius 1 is 1.00 bits per heavy atom. The molecule has 0 saturated carbocycles. The zero-order chi connectivity index (χ0) is 23.6. The predicted molar refractivity (Wildman–Crippen MR) is 126 cm³/mol. The highest BCUT2D eigenvalue weighted by molar-refractivity contribution is 7.89. The van der Waals surface area contributed by atoms with Crippen molar-refractivity contribution in [1.29, 1.82) is 0 Å². The van der Waals surface area contributed by atoms with Crippen molar-refractivity contribution in [1.82, 2.24) is 14.8 Å². The van der Waals surface area contributed by atoms with Crippen molar-refractivity contribution in [2.24, 2.45) is 5.14 Å². The minimum Gasteiger partial charge on any atom is -0.368 e. The van der Waals surface area contributed by atoms with Crippen LogP contribution in [0.15, 0.2) is 77.7 Å². The highest BCUT2D eigenvalue weighted by Crippen LogP contribution is 2.24. The molecule has 0 radical (unpaired) electrons. The number of anilines is 3. The number of nitrogens with two attached hydrogens (primary N) is 2. The first-order valence-corrected chi connectivity index (χ1v) is 11.6. The van der Waals surface area contributed by atoms with Crippen LogP contribution in [0.4, 0.5) is 17.3 Å². The van der Waals surface area contributed by atoms with E-state index < -0.39 is 10.0 Å². The molecule has 0 saturated heterocycles. The van der Waals surface area contributed by atoms with Crippen LogP contribution in [-0.4, -0.2) is 29.1 Å². The SMILES string of the molecule is Cc1ccccc1C(=O)n1nc(Cc2ccccc2Nc2ccc(S(N)(=O)=O)cc2)nc1N. The van der Waals surface area contributed by atoms with Crippen LogP contribution < -0.4 is 16.2 Å². The van der Waals surface area contributed by atoms with E-state index in [4.69, 9.17) is 10.9 Å². The van der Waals surface area contributed by atoms with Crippen molar-refractivity contribution < 1.29 is 13.2 Å². The lowest BCUT2D eigenvalue weighted by Crippen LogP contribution is -2.17. The number of nitrogen functional groups attached to an aromatic ring is 1. The molecule has 3 aromatic carbocycles. The summed E-state index contributed by atoms with van der Waals surface area (Å²) in [5, 5.41) is 12.7. The van der Waals surface area contributed by atoms with Gasteiger partial charge in [0.15, 0.2) is 5.82 Å². The van der Waals surface area contributed by atoms with Crippen molar-refractivity contribution in [2.75, 3.05) is 11.1 Å². The first kappa shape index (κ1) is 22.2. The number of nitrogens with one attached hydrogen (secondary N) is 1. The maximum absolute atomic E-state index is 12.9. The van der Waals surface area contributed by atoms with Gasteiger partial charge in [-0.15, -0.1) is 5.10 Å². The number of aryl methyl sites for hydroxylation is 1. The third-order valence-electron chi connectivity index (χ3n) is 5.07. The summed E-state index contributed by atoms with van der Waals surface area (Å²) in [6.45, 7) is 1.85. The first-order chi connectivity index (χ1) is 15.7. The van der Waals surface area contributed by atoms with Crippen LogP contribution in [0.25, 0.3) is 0 Å². The molecule has 0 aliphatic rings. The molecule has 0 aliphatic carbocycles. The second-order valence-electron chi connectivity index (χ2n) is 7.45. The van der Waals surface area contributed by atoms with Crippen LogP contribution in [0, 0.1) is 6.92 Å². The van der Waals surface area contributed by atoms with E-state index in [0.29, 0.717) is 23.5 Å². The molecule has 4 rings (SSSR count). The summed E-state index contributed by atoms with van der Waals surface area (Å²) in [6, 6.07) is 20.9. The topological polar surface area (TPSA) is 146 Å². The van der Waals surface area contributed by atoms with E-state index in [0.717, 1.165) is 21.5 Å². The Bertz CT molecular complexity index is 1430. The monoisotopic (exact) mass is 462 g/mol. The quantitative estimate of drug-likeness (QED) is 0.399. The number of aromatic nitrogens is 3. The van der Waals surface area contributed by atoms with Gasteiger partial charge in [-0.2, -0.15) is 9.67 Å². The number of nitrogens with zero attached hydrogens (tertiary/aromatic N) is 3. The number of primary sulfonamides is 1. The molecule has 9 nitrogen and oxygen atoms in total. The molecule has 4 aromatic rings. The number of benzene rings is 3. The molecule has 10 heteroatoms. The molecule has 0 amide bonds. The van der Waals surface area contributed by atoms with Crippen molar-refractivity contribution in [3.63, 3.8) is 0 Å². The predicted octanol–water partition coefficient (Wildman–Crippen LogP) is 2.84. The number of hydrogen-bond donors (Lipinski definition) is 3. The fourth-order valence-corrected chi connectivity index (χ4v) is 3.89. The van der Waals surface area contributed by atoms with Gasteiger partial charge in [-0.3, -0.25) is 4.79 Å². The van der Waals surface area contributed by atoms with Gasteiger partial charge in [0.05, 0.1) is 4.90 Å². The Morgan fingerprint density at radius 3 is 2.36 bits per heavy atom. The van der Waals surface area contributed by atoms with Gasteiger partial charge >= 0.3 is 0 Å². The Balaban J connectivity index is 1.57. The normalized spacial score (nSPS) is 11.3. The third-order valence-corrected chi connectivity index (χ3v) is 6.00. The first-order valence-electron chi connectivity index (χ1n) is 10.0. The summed E-state index contributed by atoms with van der Waals surface area (Å²) in [5.74, 6) is 0.0706. The summed E-state index contributed by atoms with van der Waals surface area (Å²) in [4.78, 5) is 17.2. The largest absolute Gasteiger partial charge is 0.368 e. The van der Waals surface area contributed by atoms with E-state index >= 15 is 0 Å². The molecule has 1 aromatic heterocycles. The van der Waals surface area contributed by atoms with Gasteiger partial charge < -0.3 is 11.1 Å². The zero-order valence-corrected chi connectivity index (χ0v) is 18.6. The van der Waals surface area contributed by atoms with Crippen molar-refractivity contribution in [3.8, 4) is 0 Å². The molecule has 0 spiro atoms. The smallest absolute Gasteiger partial charge is 0.281 e. The number of carbonyl (C=O) groups excluding carboxylic acids is 1. The molecule has 0 fully saturated rings.